The molecule has 1 aliphatic heterocycles. The Morgan fingerprint density at radius 3 is 2.50 bits per heavy atom. The molecular weight excluding hydrogens is 363 g/mol. The molecule has 2 aromatic carbocycles. The van der Waals surface area contributed by atoms with Gasteiger partial charge in [0.05, 0.1) is 19.8 Å². The molecule has 2 heterocycles. The fourth-order valence-corrected chi connectivity index (χ4v) is 3.60. The molecule has 0 radical (unpaired) electrons. The van der Waals surface area contributed by atoms with Crippen molar-refractivity contribution in [2.75, 3.05) is 20.8 Å². The number of Topliss-reactive ketones (excluding diaryl/α,β-unsaturated/α-hetero) is 1. The summed E-state index contributed by atoms with van der Waals surface area (Å²) in [7, 11) is 3.13. The lowest BCUT2D eigenvalue weighted by Crippen LogP contribution is -2.40. The van der Waals surface area contributed by atoms with Gasteiger partial charge in [0.2, 0.25) is 0 Å². The zero-order valence-corrected chi connectivity index (χ0v) is 15.5. The second kappa shape index (κ2) is 6.99. The predicted octanol–water partition coefficient (Wildman–Crippen LogP) is 3.09. The van der Waals surface area contributed by atoms with E-state index in [9.17, 15) is 14.0 Å². The number of hydrogen-bond acceptors (Lipinski definition) is 4. The summed E-state index contributed by atoms with van der Waals surface area (Å²) in [6.45, 7) is 0.751. The van der Waals surface area contributed by atoms with E-state index in [-0.39, 0.29) is 5.56 Å². The van der Waals surface area contributed by atoms with Crippen molar-refractivity contribution in [2.24, 2.45) is 0 Å². The zero-order chi connectivity index (χ0) is 19.8. The van der Waals surface area contributed by atoms with Gasteiger partial charge in [0.1, 0.15) is 5.82 Å². The number of fused-ring (bicyclic) bond motifs is 2. The van der Waals surface area contributed by atoms with E-state index in [1.54, 1.807) is 14.2 Å². The Balaban J connectivity index is 1.60. The third-order valence-corrected chi connectivity index (χ3v) is 5.09. The Labute approximate surface area is 160 Å². The summed E-state index contributed by atoms with van der Waals surface area (Å²) in [6.07, 6.45) is 2.07. The standard InChI is InChI=1S/C21H19FN2O4/c1-27-18-7-12-5-6-24(11-13(12)8-19(18)28-2)21(26)20(25)16-10-23-17-9-14(22)3-4-15(16)17/h3-4,7-10,23H,5-6,11H2,1-2H3. The molecule has 1 amide bonds. The minimum atomic E-state index is -0.609. The Kier molecular flexibility index (Phi) is 4.50. The Bertz CT molecular complexity index is 1090. The van der Waals surface area contributed by atoms with Crippen molar-refractivity contribution in [2.45, 2.75) is 13.0 Å². The number of nitrogens with one attached hydrogen (secondary N) is 1. The number of hydrogen-bond donors (Lipinski definition) is 1. The van der Waals surface area contributed by atoms with E-state index in [0.717, 1.165) is 11.1 Å². The highest BCUT2D eigenvalue weighted by molar-refractivity contribution is 6.44. The molecule has 7 heteroatoms. The van der Waals surface area contributed by atoms with Crippen molar-refractivity contribution in [3.8, 4) is 11.5 Å². The summed E-state index contributed by atoms with van der Waals surface area (Å²) in [5.41, 5.74) is 2.72. The summed E-state index contributed by atoms with van der Waals surface area (Å²) < 4.78 is 24.0. The highest BCUT2D eigenvalue weighted by Crippen LogP contribution is 2.33. The molecule has 1 aromatic heterocycles. The highest BCUT2D eigenvalue weighted by Gasteiger charge is 2.29. The molecule has 0 saturated heterocycles. The van der Waals surface area contributed by atoms with E-state index in [0.29, 0.717) is 41.9 Å². The summed E-state index contributed by atoms with van der Waals surface area (Å²) in [5, 5.41) is 0.531. The maximum Gasteiger partial charge on any atom is 0.295 e. The first kappa shape index (κ1) is 18.0. The fraction of sp³-hybridized carbons (Fsp3) is 0.238. The van der Waals surface area contributed by atoms with Crippen LogP contribution in [0.25, 0.3) is 10.9 Å². The van der Waals surface area contributed by atoms with E-state index in [4.69, 9.17) is 9.47 Å². The molecule has 4 rings (SSSR count). The minimum Gasteiger partial charge on any atom is -0.493 e. The van der Waals surface area contributed by atoms with Crippen LogP contribution in [0.2, 0.25) is 0 Å². The number of nitrogens with zero attached hydrogens (tertiary/aromatic N) is 1. The van der Waals surface area contributed by atoms with E-state index >= 15 is 0 Å². The number of halogens is 1. The summed E-state index contributed by atoms with van der Waals surface area (Å²) >= 11 is 0. The number of benzene rings is 2. The number of aromatic amines is 1. The molecule has 1 N–H and O–H groups in total. The number of ether oxygens (including phenoxy) is 2. The van der Waals surface area contributed by atoms with Crippen LogP contribution in [0.3, 0.4) is 0 Å². The van der Waals surface area contributed by atoms with Gasteiger partial charge < -0.3 is 19.4 Å². The van der Waals surface area contributed by atoms with E-state index < -0.39 is 17.5 Å². The van der Waals surface area contributed by atoms with Crippen LogP contribution in [0.1, 0.15) is 21.5 Å². The highest BCUT2D eigenvalue weighted by atomic mass is 19.1. The molecule has 0 atom stereocenters. The smallest absolute Gasteiger partial charge is 0.295 e. The maximum atomic E-state index is 13.4. The lowest BCUT2D eigenvalue weighted by atomic mass is 9.98. The van der Waals surface area contributed by atoms with Crippen LogP contribution in [0.15, 0.2) is 36.5 Å². The van der Waals surface area contributed by atoms with Crippen molar-refractivity contribution < 1.29 is 23.5 Å². The van der Waals surface area contributed by atoms with E-state index in [1.165, 1.54) is 29.3 Å². The van der Waals surface area contributed by atoms with Gasteiger partial charge in [-0.2, -0.15) is 0 Å². The number of methoxy groups -OCH3 is 2. The first-order chi connectivity index (χ1) is 13.5. The third kappa shape index (κ3) is 2.98. The zero-order valence-electron chi connectivity index (χ0n) is 15.5. The molecule has 144 valence electrons. The average Bonchev–Trinajstić information content (AvgIpc) is 3.14. The van der Waals surface area contributed by atoms with Crippen molar-refractivity contribution in [1.82, 2.24) is 9.88 Å². The van der Waals surface area contributed by atoms with Crippen LogP contribution in [0.5, 0.6) is 11.5 Å². The molecular formula is C21H19FN2O4. The number of ketones is 1. The number of rotatable bonds is 4. The number of amides is 1. The van der Waals surface area contributed by atoms with Crippen LogP contribution >= 0.6 is 0 Å². The number of H-pyrrole nitrogens is 1. The van der Waals surface area contributed by atoms with E-state index in [2.05, 4.69) is 4.98 Å². The van der Waals surface area contributed by atoms with Gasteiger partial charge >= 0.3 is 0 Å². The normalized spacial score (nSPS) is 13.3. The number of carbonyl (C=O) groups excluding carboxylic acids is 2. The third-order valence-electron chi connectivity index (χ3n) is 5.09. The molecule has 28 heavy (non-hydrogen) atoms. The van der Waals surface area contributed by atoms with Crippen LogP contribution in [0, 0.1) is 5.82 Å². The number of carbonyl (C=O) groups is 2. The summed E-state index contributed by atoms with van der Waals surface area (Å²) in [6, 6.07) is 7.82. The molecule has 0 spiro atoms. The van der Waals surface area contributed by atoms with E-state index in [1.807, 2.05) is 12.1 Å². The fourth-order valence-electron chi connectivity index (χ4n) is 3.60. The Morgan fingerprint density at radius 2 is 1.79 bits per heavy atom. The Hall–Kier alpha value is -3.35. The SMILES string of the molecule is COc1cc2c(cc1OC)CN(C(=O)C(=O)c1c[nH]c3cc(F)ccc13)CC2. The van der Waals surface area contributed by atoms with Gasteiger partial charge in [0.15, 0.2) is 11.5 Å². The lowest BCUT2D eigenvalue weighted by Gasteiger charge is -2.29. The summed E-state index contributed by atoms with van der Waals surface area (Å²) in [5.74, 6) is -0.368. The Morgan fingerprint density at radius 1 is 1.07 bits per heavy atom. The topological polar surface area (TPSA) is 71.6 Å². The number of aromatic nitrogens is 1. The van der Waals surface area contributed by atoms with Gasteiger partial charge in [-0.05, 0) is 47.9 Å². The molecule has 0 bridgehead atoms. The van der Waals surface area contributed by atoms with Crippen molar-refractivity contribution >= 4 is 22.6 Å². The van der Waals surface area contributed by atoms with Crippen LogP contribution in [-0.2, 0) is 17.8 Å². The quantitative estimate of drug-likeness (QED) is 0.556. The van der Waals surface area contributed by atoms with Gasteiger partial charge in [-0.25, -0.2) is 4.39 Å². The van der Waals surface area contributed by atoms with Gasteiger partial charge in [-0.3, -0.25) is 9.59 Å². The van der Waals surface area contributed by atoms with Crippen LogP contribution < -0.4 is 9.47 Å². The van der Waals surface area contributed by atoms with Crippen LogP contribution in [0.4, 0.5) is 4.39 Å². The monoisotopic (exact) mass is 382 g/mol. The minimum absolute atomic E-state index is 0.248. The van der Waals surface area contributed by atoms with Gasteiger partial charge in [-0.1, -0.05) is 0 Å². The van der Waals surface area contributed by atoms with Crippen molar-refractivity contribution in [3.63, 3.8) is 0 Å². The second-order valence-corrected chi connectivity index (χ2v) is 6.67. The maximum absolute atomic E-state index is 13.4. The largest absolute Gasteiger partial charge is 0.493 e. The second-order valence-electron chi connectivity index (χ2n) is 6.67. The predicted molar refractivity (Wildman–Crippen MR) is 101 cm³/mol. The molecule has 0 fully saturated rings. The molecule has 6 nitrogen and oxygen atoms in total. The van der Waals surface area contributed by atoms with Gasteiger partial charge in [0.25, 0.3) is 11.7 Å². The van der Waals surface area contributed by atoms with Crippen molar-refractivity contribution in [3.05, 3.63) is 59.0 Å². The molecule has 3 aromatic rings. The first-order valence-electron chi connectivity index (χ1n) is 8.86. The summed E-state index contributed by atoms with van der Waals surface area (Å²) in [4.78, 5) is 30.0. The van der Waals surface area contributed by atoms with Gasteiger partial charge in [-0.15, -0.1) is 0 Å². The first-order valence-corrected chi connectivity index (χ1v) is 8.86. The van der Waals surface area contributed by atoms with Gasteiger partial charge in [0, 0.05) is 30.2 Å². The molecule has 0 saturated carbocycles. The molecule has 1 aliphatic rings. The molecule has 0 unspecified atom stereocenters. The average molecular weight is 382 g/mol. The molecule has 0 aliphatic carbocycles. The van der Waals surface area contributed by atoms with Crippen LogP contribution in [-0.4, -0.2) is 42.3 Å². The lowest BCUT2D eigenvalue weighted by molar-refractivity contribution is -0.127. The van der Waals surface area contributed by atoms with Crippen molar-refractivity contribution in [1.29, 1.82) is 0 Å².